The van der Waals surface area contributed by atoms with Gasteiger partial charge < -0.3 is 14.6 Å². The molecule has 0 saturated heterocycles. The van der Waals surface area contributed by atoms with Gasteiger partial charge in [-0.25, -0.2) is 15.0 Å². The highest BCUT2D eigenvalue weighted by Crippen LogP contribution is 2.24. The Hall–Kier alpha value is -4.20. The summed E-state index contributed by atoms with van der Waals surface area (Å²) in [5.74, 6) is -2.33. The molecule has 0 aliphatic rings. The molecule has 0 bridgehead atoms. The van der Waals surface area contributed by atoms with Crippen LogP contribution in [0.3, 0.4) is 0 Å². The van der Waals surface area contributed by atoms with Crippen molar-refractivity contribution in [2.24, 2.45) is 5.10 Å². The normalized spacial score (nSPS) is 10.7. The van der Waals surface area contributed by atoms with Crippen LogP contribution >= 0.6 is 0 Å². The van der Waals surface area contributed by atoms with Crippen LogP contribution in [0.15, 0.2) is 70.2 Å². The van der Waals surface area contributed by atoms with E-state index in [2.05, 4.69) is 10.5 Å². The van der Waals surface area contributed by atoms with E-state index >= 15 is 0 Å². The van der Waals surface area contributed by atoms with Crippen molar-refractivity contribution >= 4 is 24.1 Å². The maximum absolute atomic E-state index is 11.9. The van der Waals surface area contributed by atoms with Crippen LogP contribution in [0.4, 0.5) is 0 Å². The van der Waals surface area contributed by atoms with E-state index in [0.717, 1.165) is 6.07 Å². The number of carbonyl (C=O) groups excluding carboxylic acids is 1. The summed E-state index contributed by atoms with van der Waals surface area (Å²) in [6.45, 7) is 0. The van der Waals surface area contributed by atoms with E-state index in [1.807, 2.05) is 0 Å². The van der Waals surface area contributed by atoms with E-state index in [0.29, 0.717) is 16.9 Å². The van der Waals surface area contributed by atoms with Gasteiger partial charge in [0.25, 0.3) is 5.91 Å². The first-order valence-corrected chi connectivity index (χ1v) is 8.04. The van der Waals surface area contributed by atoms with Crippen LogP contribution in [0, 0.1) is 0 Å². The lowest BCUT2D eigenvalue weighted by Gasteiger charge is -2.03. The predicted molar refractivity (Wildman–Crippen MR) is 99.6 cm³/mol. The number of amides is 1. The van der Waals surface area contributed by atoms with E-state index in [9.17, 15) is 14.4 Å². The van der Waals surface area contributed by atoms with Gasteiger partial charge in [0.1, 0.15) is 11.5 Å². The molecule has 3 N–H and O–H groups in total. The molecule has 3 rings (SSSR count). The number of aromatic carboxylic acids is 2. The molecule has 0 spiro atoms. The standard InChI is InChI=1S/C20H14N2O6/c23-18(12-4-2-1-3-5-12)22-21-11-16-6-7-17(28-16)13-8-14(19(24)25)10-15(9-13)20(26)27/h1-11H,(H,22,23)(H,24,25)(H,26,27). The van der Waals surface area contributed by atoms with Gasteiger partial charge in [0.05, 0.1) is 17.3 Å². The Morgan fingerprint density at radius 1 is 0.857 bits per heavy atom. The number of benzene rings is 2. The van der Waals surface area contributed by atoms with Gasteiger partial charge in [0.15, 0.2) is 0 Å². The number of carbonyl (C=O) groups is 3. The Morgan fingerprint density at radius 3 is 2.11 bits per heavy atom. The first-order chi connectivity index (χ1) is 13.4. The van der Waals surface area contributed by atoms with Crippen molar-refractivity contribution in [1.29, 1.82) is 0 Å². The van der Waals surface area contributed by atoms with Crippen molar-refractivity contribution < 1.29 is 29.0 Å². The zero-order chi connectivity index (χ0) is 20.1. The highest BCUT2D eigenvalue weighted by Gasteiger charge is 2.14. The molecular weight excluding hydrogens is 364 g/mol. The van der Waals surface area contributed by atoms with Crippen LogP contribution in [0.25, 0.3) is 11.3 Å². The summed E-state index contributed by atoms with van der Waals surface area (Å²) in [6.07, 6.45) is 1.28. The summed E-state index contributed by atoms with van der Waals surface area (Å²) in [4.78, 5) is 34.3. The number of nitrogens with zero attached hydrogens (tertiary/aromatic N) is 1. The minimum absolute atomic E-state index is 0.170. The number of furan rings is 1. The van der Waals surface area contributed by atoms with Crippen LogP contribution in [-0.4, -0.2) is 34.3 Å². The summed E-state index contributed by atoms with van der Waals surface area (Å²) in [7, 11) is 0. The number of nitrogens with one attached hydrogen (secondary N) is 1. The average Bonchev–Trinajstić information content (AvgIpc) is 3.17. The van der Waals surface area contributed by atoms with Gasteiger partial charge in [-0.15, -0.1) is 0 Å². The topological polar surface area (TPSA) is 129 Å². The fourth-order valence-electron chi connectivity index (χ4n) is 2.40. The van der Waals surface area contributed by atoms with Crippen molar-refractivity contribution in [3.63, 3.8) is 0 Å². The van der Waals surface area contributed by atoms with E-state index in [-0.39, 0.29) is 22.8 Å². The third kappa shape index (κ3) is 4.31. The lowest BCUT2D eigenvalue weighted by atomic mass is 10.0. The van der Waals surface area contributed by atoms with Crippen LogP contribution < -0.4 is 5.43 Å². The molecule has 0 aliphatic carbocycles. The first-order valence-electron chi connectivity index (χ1n) is 8.04. The van der Waals surface area contributed by atoms with E-state index < -0.39 is 11.9 Å². The van der Waals surface area contributed by atoms with E-state index in [4.69, 9.17) is 14.6 Å². The van der Waals surface area contributed by atoms with Crippen molar-refractivity contribution in [2.75, 3.05) is 0 Å². The Balaban J connectivity index is 1.78. The minimum Gasteiger partial charge on any atom is -0.478 e. The number of hydrogen-bond donors (Lipinski definition) is 3. The molecule has 1 amide bonds. The summed E-state index contributed by atoms with van der Waals surface area (Å²) in [5, 5.41) is 22.1. The van der Waals surface area contributed by atoms with Gasteiger partial charge in [0.2, 0.25) is 0 Å². The van der Waals surface area contributed by atoms with Gasteiger partial charge in [-0.2, -0.15) is 5.10 Å². The molecule has 0 radical (unpaired) electrons. The molecular formula is C20H14N2O6. The number of carboxylic acid groups (broad SMARTS) is 2. The average molecular weight is 378 g/mol. The van der Waals surface area contributed by atoms with E-state index in [1.54, 1.807) is 42.5 Å². The van der Waals surface area contributed by atoms with Crippen LogP contribution in [-0.2, 0) is 0 Å². The maximum atomic E-state index is 11.9. The molecule has 0 unspecified atom stereocenters. The number of hydrogen-bond acceptors (Lipinski definition) is 5. The molecule has 0 aliphatic heterocycles. The zero-order valence-corrected chi connectivity index (χ0v) is 14.3. The summed E-state index contributed by atoms with van der Waals surface area (Å²) in [5.41, 5.74) is 2.77. The lowest BCUT2D eigenvalue weighted by molar-refractivity contribution is 0.0696. The minimum atomic E-state index is -1.25. The highest BCUT2D eigenvalue weighted by atomic mass is 16.4. The fourth-order valence-corrected chi connectivity index (χ4v) is 2.40. The molecule has 8 heteroatoms. The third-order valence-corrected chi connectivity index (χ3v) is 3.73. The molecule has 0 atom stereocenters. The quantitative estimate of drug-likeness (QED) is 0.446. The molecule has 28 heavy (non-hydrogen) atoms. The molecule has 0 saturated carbocycles. The second-order valence-electron chi connectivity index (χ2n) is 5.68. The summed E-state index contributed by atoms with van der Waals surface area (Å²) >= 11 is 0. The van der Waals surface area contributed by atoms with Crippen LogP contribution in [0.1, 0.15) is 36.8 Å². The summed E-state index contributed by atoms with van der Waals surface area (Å²) in [6, 6.07) is 15.3. The predicted octanol–water partition coefficient (Wildman–Crippen LogP) is 3.11. The monoisotopic (exact) mass is 378 g/mol. The number of carboxylic acids is 2. The second kappa shape index (κ2) is 8.00. The van der Waals surface area contributed by atoms with Crippen molar-refractivity contribution in [1.82, 2.24) is 5.43 Å². The number of hydrazone groups is 1. The van der Waals surface area contributed by atoms with Crippen LogP contribution in [0.2, 0.25) is 0 Å². The SMILES string of the molecule is O=C(O)c1cc(C(=O)O)cc(-c2ccc(C=NNC(=O)c3ccccc3)o2)c1. The Bertz CT molecular complexity index is 1040. The third-order valence-electron chi connectivity index (χ3n) is 3.73. The molecule has 2 aromatic carbocycles. The molecule has 140 valence electrons. The van der Waals surface area contributed by atoms with Gasteiger partial charge in [-0.1, -0.05) is 18.2 Å². The Kier molecular flexibility index (Phi) is 5.31. The fraction of sp³-hybridized carbons (Fsp3) is 0. The van der Waals surface area contributed by atoms with Crippen molar-refractivity contribution in [2.45, 2.75) is 0 Å². The largest absolute Gasteiger partial charge is 0.478 e. The van der Waals surface area contributed by atoms with Gasteiger partial charge in [-0.05, 0) is 42.5 Å². The van der Waals surface area contributed by atoms with Gasteiger partial charge >= 0.3 is 11.9 Å². The van der Waals surface area contributed by atoms with Crippen molar-refractivity contribution in [3.05, 3.63) is 83.1 Å². The molecule has 8 nitrogen and oxygen atoms in total. The Labute approximate surface area is 158 Å². The second-order valence-corrected chi connectivity index (χ2v) is 5.68. The van der Waals surface area contributed by atoms with Crippen molar-refractivity contribution in [3.8, 4) is 11.3 Å². The van der Waals surface area contributed by atoms with Gasteiger partial charge in [0, 0.05) is 11.1 Å². The molecule has 1 heterocycles. The summed E-state index contributed by atoms with van der Waals surface area (Å²) < 4.78 is 5.54. The highest BCUT2D eigenvalue weighted by molar-refractivity contribution is 5.96. The van der Waals surface area contributed by atoms with Crippen LogP contribution in [0.5, 0.6) is 0 Å². The zero-order valence-electron chi connectivity index (χ0n) is 14.3. The van der Waals surface area contributed by atoms with Gasteiger partial charge in [-0.3, -0.25) is 4.79 Å². The smallest absolute Gasteiger partial charge is 0.335 e. The van der Waals surface area contributed by atoms with E-state index in [1.165, 1.54) is 18.3 Å². The molecule has 1 aromatic heterocycles. The first kappa shape index (κ1) is 18.6. The Morgan fingerprint density at radius 2 is 1.50 bits per heavy atom. The molecule has 0 fully saturated rings. The molecule has 3 aromatic rings. The maximum Gasteiger partial charge on any atom is 0.335 e. The lowest BCUT2D eigenvalue weighted by Crippen LogP contribution is -2.17. The number of rotatable bonds is 6.